The van der Waals surface area contributed by atoms with Crippen molar-refractivity contribution in [1.82, 2.24) is 5.32 Å². The standard InChI is InChI=1S/C14H22N2O3/c1-5-13(15-6-2)10(3)12-8-7-11(19-4)9-14(12)16(17)18/h7-10,13,15H,5-6H2,1-4H3. The summed E-state index contributed by atoms with van der Waals surface area (Å²) in [6.07, 6.45) is 0.929. The lowest BCUT2D eigenvalue weighted by molar-refractivity contribution is -0.385. The summed E-state index contributed by atoms with van der Waals surface area (Å²) in [5.74, 6) is 0.593. The van der Waals surface area contributed by atoms with E-state index in [1.165, 1.54) is 13.2 Å². The average molecular weight is 266 g/mol. The number of hydrogen-bond acceptors (Lipinski definition) is 4. The monoisotopic (exact) mass is 266 g/mol. The normalized spacial score (nSPS) is 13.9. The second kappa shape index (κ2) is 7.09. The zero-order valence-electron chi connectivity index (χ0n) is 12.0. The first-order chi connectivity index (χ1) is 9.04. The van der Waals surface area contributed by atoms with E-state index < -0.39 is 0 Å². The molecule has 5 heteroatoms. The van der Waals surface area contributed by atoms with E-state index in [-0.39, 0.29) is 22.6 Å². The van der Waals surface area contributed by atoms with Gasteiger partial charge in [-0.2, -0.15) is 0 Å². The number of nitrogens with one attached hydrogen (secondary N) is 1. The zero-order valence-corrected chi connectivity index (χ0v) is 12.0. The predicted octanol–water partition coefficient (Wildman–Crippen LogP) is 3.10. The third-order valence-corrected chi connectivity index (χ3v) is 3.43. The van der Waals surface area contributed by atoms with Crippen molar-refractivity contribution in [2.24, 2.45) is 0 Å². The number of rotatable bonds is 7. The van der Waals surface area contributed by atoms with Crippen molar-refractivity contribution < 1.29 is 9.66 Å². The third-order valence-electron chi connectivity index (χ3n) is 3.43. The number of nitro groups is 1. The number of likely N-dealkylation sites (N-methyl/N-ethyl adjacent to an activating group) is 1. The van der Waals surface area contributed by atoms with Gasteiger partial charge >= 0.3 is 0 Å². The lowest BCUT2D eigenvalue weighted by Crippen LogP contribution is -2.33. The van der Waals surface area contributed by atoms with Gasteiger partial charge in [-0.25, -0.2) is 0 Å². The molecule has 0 radical (unpaired) electrons. The molecule has 106 valence electrons. The van der Waals surface area contributed by atoms with E-state index in [9.17, 15) is 10.1 Å². The smallest absolute Gasteiger partial charge is 0.276 e. The van der Waals surface area contributed by atoms with Crippen molar-refractivity contribution in [1.29, 1.82) is 0 Å². The van der Waals surface area contributed by atoms with Crippen molar-refractivity contribution in [3.05, 3.63) is 33.9 Å². The zero-order chi connectivity index (χ0) is 14.4. The summed E-state index contributed by atoms with van der Waals surface area (Å²) in [7, 11) is 1.51. The lowest BCUT2D eigenvalue weighted by Gasteiger charge is -2.23. The van der Waals surface area contributed by atoms with Gasteiger partial charge in [-0.3, -0.25) is 10.1 Å². The quantitative estimate of drug-likeness (QED) is 0.608. The molecule has 0 aliphatic carbocycles. The maximum Gasteiger partial charge on any atom is 0.276 e. The SMILES string of the molecule is CCNC(CC)C(C)c1ccc(OC)cc1[N+](=O)[O-]. The average Bonchev–Trinajstić information content (AvgIpc) is 2.43. The van der Waals surface area contributed by atoms with Gasteiger partial charge in [0, 0.05) is 17.5 Å². The van der Waals surface area contributed by atoms with Crippen LogP contribution in [-0.4, -0.2) is 24.6 Å². The molecule has 0 saturated heterocycles. The molecule has 0 aliphatic heterocycles. The van der Waals surface area contributed by atoms with Crippen LogP contribution in [0.2, 0.25) is 0 Å². The Morgan fingerprint density at radius 3 is 2.58 bits per heavy atom. The highest BCUT2D eigenvalue weighted by Gasteiger charge is 2.24. The Bertz CT molecular complexity index is 435. The molecule has 2 atom stereocenters. The second-order valence-corrected chi connectivity index (χ2v) is 4.54. The minimum Gasteiger partial charge on any atom is -0.497 e. The second-order valence-electron chi connectivity index (χ2n) is 4.54. The highest BCUT2D eigenvalue weighted by Crippen LogP contribution is 2.32. The van der Waals surface area contributed by atoms with E-state index in [1.807, 2.05) is 13.8 Å². The Balaban J connectivity index is 3.13. The summed E-state index contributed by atoms with van der Waals surface area (Å²) >= 11 is 0. The van der Waals surface area contributed by atoms with Crippen LogP contribution in [0.1, 0.15) is 38.7 Å². The molecule has 19 heavy (non-hydrogen) atoms. The largest absolute Gasteiger partial charge is 0.497 e. The van der Waals surface area contributed by atoms with Gasteiger partial charge in [0.2, 0.25) is 0 Å². The molecule has 0 aliphatic rings. The maximum atomic E-state index is 11.2. The molecule has 0 heterocycles. The highest BCUT2D eigenvalue weighted by atomic mass is 16.6. The van der Waals surface area contributed by atoms with Crippen LogP contribution < -0.4 is 10.1 Å². The van der Waals surface area contributed by atoms with Crippen LogP contribution in [0.3, 0.4) is 0 Å². The van der Waals surface area contributed by atoms with E-state index in [2.05, 4.69) is 12.2 Å². The molecule has 0 bridgehead atoms. The van der Waals surface area contributed by atoms with Gasteiger partial charge in [-0.05, 0) is 25.1 Å². The summed E-state index contributed by atoms with van der Waals surface area (Å²) in [6.45, 7) is 7.00. The van der Waals surface area contributed by atoms with Gasteiger partial charge in [-0.1, -0.05) is 20.8 Å². The first-order valence-corrected chi connectivity index (χ1v) is 6.60. The van der Waals surface area contributed by atoms with Crippen molar-refractivity contribution >= 4 is 5.69 Å². The van der Waals surface area contributed by atoms with Gasteiger partial charge < -0.3 is 10.1 Å². The van der Waals surface area contributed by atoms with Crippen LogP contribution >= 0.6 is 0 Å². The van der Waals surface area contributed by atoms with E-state index in [1.54, 1.807) is 12.1 Å². The predicted molar refractivity (Wildman–Crippen MR) is 75.8 cm³/mol. The van der Waals surface area contributed by atoms with Crippen LogP contribution in [0.15, 0.2) is 18.2 Å². The molecule has 0 amide bonds. The minimum absolute atomic E-state index is 0.0799. The van der Waals surface area contributed by atoms with Gasteiger partial charge in [0.25, 0.3) is 5.69 Å². The number of methoxy groups -OCH3 is 1. The van der Waals surface area contributed by atoms with Crippen LogP contribution in [0.4, 0.5) is 5.69 Å². The van der Waals surface area contributed by atoms with Gasteiger partial charge in [0.05, 0.1) is 18.1 Å². The van der Waals surface area contributed by atoms with Crippen LogP contribution in [-0.2, 0) is 0 Å². The summed E-state index contributed by atoms with van der Waals surface area (Å²) in [5.41, 5.74) is 0.877. The van der Waals surface area contributed by atoms with E-state index >= 15 is 0 Å². The maximum absolute atomic E-state index is 11.2. The molecule has 5 nitrogen and oxygen atoms in total. The first-order valence-electron chi connectivity index (χ1n) is 6.60. The molecule has 0 aromatic heterocycles. The molecule has 0 fully saturated rings. The van der Waals surface area contributed by atoms with E-state index in [0.717, 1.165) is 18.5 Å². The summed E-state index contributed by atoms with van der Waals surface area (Å²) in [4.78, 5) is 10.9. The molecule has 0 saturated carbocycles. The number of ether oxygens (including phenoxy) is 1. The third kappa shape index (κ3) is 3.67. The molecule has 1 rings (SSSR count). The lowest BCUT2D eigenvalue weighted by atomic mass is 9.90. The summed E-state index contributed by atoms with van der Waals surface area (Å²) in [5, 5.41) is 14.6. The van der Waals surface area contributed by atoms with Gasteiger partial charge in [0.1, 0.15) is 5.75 Å². The number of hydrogen-bond donors (Lipinski definition) is 1. The highest BCUT2D eigenvalue weighted by molar-refractivity contribution is 5.48. The Kier molecular flexibility index (Phi) is 5.76. The Morgan fingerprint density at radius 1 is 1.42 bits per heavy atom. The molecule has 2 unspecified atom stereocenters. The van der Waals surface area contributed by atoms with Crippen LogP contribution in [0.25, 0.3) is 0 Å². The fourth-order valence-corrected chi connectivity index (χ4v) is 2.35. The molecular weight excluding hydrogens is 244 g/mol. The Morgan fingerprint density at radius 2 is 2.11 bits per heavy atom. The minimum atomic E-state index is -0.340. The Hall–Kier alpha value is -1.62. The van der Waals surface area contributed by atoms with Crippen molar-refractivity contribution in [2.75, 3.05) is 13.7 Å². The molecule has 0 spiro atoms. The fourth-order valence-electron chi connectivity index (χ4n) is 2.35. The summed E-state index contributed by atoms with van der Waals surface area (Å²) < 4.78 is 5.05. The number of benzene rings is 1. The Labute approximate surface area is 114 Å². The fraction of sp³-hybridized carbons (Fsp3) is 0.571. The van der Waals surface area contributed by atoms with Crippen LogP contribution in [0, 0.1) is 10.1 Å². The van der Waals surface area contributed by atoms with Gasteiger partial charge in [-0.15, -0.1) is 0 Å². The van der Waals surface area contributed by atoms with Gasteiger partial charge in [0.15, 0.2) is 0 Å². The van der Waals surface area contributed by atoms with Crippen LogP contribution in [0.5, 0.6) is 5.75 Å². The van der Waals surface area contributed by atoms with Crippen molar-refractivity contribution in [2.45, 2.75) is 39.2 Å². The molecule has 1 N–H and O–H groups in total. The van der Waals surface area contributed by atoms with E-state index in [4.69, 9.17) is 4.74 Å². The number of nitro benzene ring substituents is 1. The topological polar surface area (TPSA) is 64.4 Å². The first kappa shape index (κ1) is 15.4. The summed E-state index contributed by atoms with van der Waals surface area (Å²) in [6, 6.07) is 5.29. The molecule has 1 aromatic carbocycles. The van der Waals surface area contributed by atoms with E-state index in [0.29, 0.717) is 5.75 Å². The van der Waals surface area contributed by atoms with Crippen molar-refractivity contribution in [3.63, 3.8) is 0 Å². The molecule has 1 aromatic rings. The van der Waals surface area contributed by atoms with Crippen molar-refractivity contribution in [3.8, 4) is 5.75 Å². The molecular formula is C14H22N2O3. The number of nitrogens with zero attached hydrogens (tertiary/aromatic N) is 1.